The summed E-state index contributed by atoms with van der Waals surface area (Å²) in [6.07, 6.45) is -1.80. The second-order valence-corrected chi connectivity index (χ2v) is 17.6. The first-order valence-electron chi connectivity index (χ1n) is 22.2. The number of benzene rings is 1. The van der Waals surface area contributed by atoms with Crippen molar-refractivity contribution in [3.63, 3.8) is 0 Å². The van der Waals surface area contributed by atoms with E-state index in [1.165, 1.54) is 18.7 Å². The number of unbranched alkanes of at least 4 members (excludes halogenated alkanes) is 2. The molecule has 66 heavy (non-hydrogen) atoms. The largest absolute Gasteiger partial charge is 0.480 e. The Kier molecular flexibility index (Phi) is 26.3. The highest BCUT2D eigenvalue weighted by atomic mass is 32.2. The van der Waals surface area contributed by atoms with Gasteiger partial charge in [-0.25, -0.2) is 4.79 Å². The van der Waals surface area contributed by atoms with Gasteiger partial charge in [0.25, 0.3) is 5.91 Å². The third kappa shape index (κ3) is 20.7. The fraction of sp³-hybridized carbons (Fsp3) is 0.667. The van der Waals surface area contributed by atoms with Gasteiger partial charge in [0.15, 0.2) is 0 Å². The monoisotopic (exact) mass is 957 g/mol. The number of carboxylic acid groups (broad SMARTS) is 1. The Balaban J connectivity index is 1.83. The molecule has 0 saturated carbocycles. The van der Waals surface area contributed by atoms with Gasteiger partial charge in [-0.3, -0.25) is 33.6 Å². The molecular formula is C42H71N9O14S+2. The Labute approximate surface area is 388 Å². The number of aliphatic hydroxyl groups excluding tert-OH is 4. The molecule has 23 nitrogen and oxygen atoms in total. The second kappa shape index (κ2) is 30.4. The summed E-state index contributed by atoms with van der Waals surface area (Å²) in [7, 11) is 0. The van der Waals surface area contributed by atoms with E-state index in [-0.39, 0.29) is 30.7 Å². The summed E-state index contributed by atoms with van der Waals surface area (Å²) in [5.41, 5.74) is 7.78. The number of hydrogen-bond acceptors (Lipinski definition) is 14. The topological polar surface area (TPSA) is 386 Å². The zero-order valence-corrected chi connectivity index (χ0v) is 38.7. The van der Waals surface area contributed by atoms with E-state index in [1.54, 1.807) is 24.3 Å². The van der Waals surface area contributed by atoms with Crippen LogP contribution in [0, 0.1) is 5.92 Å². The van der Waals surface area contributed by atoms with Gasteiger partial charge in [0, 0.05) is 5.56 Å². The molecular weight excluding hydrogens is 887 g/mol. The number of carboxylic acids is 1. The van der Waals surface area contributed by atoms with Gasteiger partial charge in [0.1, 0.15) is 54.0 Å². The lowest BCUT2D eigenvalue weighted by Gasteiger charge is -2.39. The Hall–Kier alpha value is -4.95. The maximum Gasteiger partial charge on any atom is 0.326 e. The molecule has 18 N–H and O–H groups in total. The number of thioether (sulfide) groups is 1. The van der Waals surface area contributed by atoms with Gasteiger partial charge in [-0.05, 0) is 87.7 Å². The highest BCUT2D eigenvalue weighted by Gasteiger charge is 2.43. The number of carbonyl (C=O) groups is 8. The molecule has 1 heterocycles. The van der Waals surface area contributed by atoms with Crippen LogP contribution in [0.3, 0.4) is 0 Å². The Morgan fingerprint density at radius 3 is 1.80 bits per heavy atom. The predicted octanol–water partition coefficient (Wildman–Crippen LogP) is -5.36. The normalized spacial score (nSPS) is 19.9. The smallest absolute Gasteiger partial charge is 0.326 e. The van der Waals surface area contributed by atoms with Gasteiger partial charge in [0.05, 0.1) is 39.3 Å². The van der Waals surface area contributed by atoms with Gasteiger partial charge >= 0.3 is 5.97 Å². The third-order valence-corrected chi connectivity index (χ3v) is 11.5. The fourth-order valence-electron chi connectivity index (χ4n) is 6.57. The van der Waals surface area contributed by atoms with E-state index in [0.717, 1.165) is 5.56 Å². The molecule has 24 heteroatoms. The van der Waals surface area contributed by atoms with Crippen LogP contribution in [-0.2, 0) is 44.7 Å². The number of hydrogen-bond donors (Lipinski definition) is 14. The van der Waals surface area contributed by atoms with E-state index in [4.69, 9.17) is 4.74 Å². The molecule has 1 aliphatic rings. The number of carbonyl (C=O) groups excluding carboxylic acids is 7. The lowest BCUT2D eigenvalue weighted by Crippen LogP contribution is -2.57. The van der Waals surface area contributed by atoms with Crippen molar-refractivity contribution in [3.05, 3.63) is 35.4 Å². The molecule has 1 aliphatic heterocycles. The molecule has 0 spiro atoms. The molecule has 7 amide bonds. The molecule has 9 unspecified atom stereocenters. The number of aliphatic carboxylic acids is 1. The maximum absolute atomic E-state index is 13.1. The second-order valence-electron chi connectivity index (χ2n) is 16.4. The number of quaternary nitrogens is 2. The van der Waals surface area contributed by atoms with Crippen molar-refractivity contribution in [1.29, 1.82) is 0 Å². The summed E-state index contributed by atoms with van der Waals surface area (Å²) in [5, 5.41) is 66.4. The fourth-order valence-corrected chi connectivity index (χ4v) is 7.73. The van der Waals surface area contributed by atoms with Crippen molar-refractivity contribution in [2.24, 2.45) is 5.92 Å². The quantitative estimate of drug-likeness (QED) is 0.0320. The van der Waals surface area contributed by atoms with Crippen molar-refractivity contribution in [1.82, 2.24) is 37.2 Å². The van der Waals surface area contributed by atoms with Crippen LogP contribution in [0.4, 0.5) is 0 Å². The third-order valence-electron chi connectivity index (χ3n) is 10.4. The molecule has 0 aromatic heterocycles. The first-order chi connectivity index (χ1) is 31.3. The lowest BCUT2D eigenvalue weighted by molar-refractivity contribution is -0.368. The first-order valence-corrected chi connectivity index (χ1v) is 23.2. The van der Waals surface area contributed by atoms with Crippen LogP contribution in [0.15, 0.2) is 24.3 Å². The Morgan fingerprint density at radius 2 is 1.23 bits per heavy atom. The van der Waals surface area contributed by atoms with Crippen molar-refractivity contribution in [2.75, 3.05) is 45.1 Å². The van der Waals surface area contributed by atoms with Crippen LogP contribution in [0.2, 0.25) is 0 Å². The van der Waals surface area contributed by atoms with Gasteiger partial charge in [-0.15, -0.1) is 11.8 Å². The number of rotatable bonds is 30. The zero-order chi connectivity index (χ0) is 49.3. The molecule has 2 rings (SSSR count). The molecule has 0 aliphatic carbocycles. The molecule has 0 radical (unpaired) electrons. The number of nitrogens with one attached hydrogen (secondary N) is 7. The van der Waals surface area contributed by atoms with Crippen molar-refractivity contribution >= 4 is 59.1 Å². The van der Waals surface area contributed by atoms with E-state index in [0.29, 0.717) is 50.9 Å². The average Bonchev–Trinajstić information content (AvgIpc) is 3.28. The summed E-state index contributed by atoms with van der Waals surface area (Å²) in [6, 6.07) is 2.10. The van der Waals surface area contributed by atoms with Crippen molar-refractivity contribution < 1.29 is 80.1 Å². The van der Waals surface area contributed by atoms with Gasteiger partial charge in [0.2, 0.25) is 35.4 Å². The number of aryl methyl sites for hydroxylation is 1. The first kappa shape index (κ1) is 57.2. The zero-order valence-electron chi connectivity index (χ0n) is 37.9. The number of aliphatic hydroxyl groups is 4. The number of amides is 7. The minimum Gasteiger partial charge on any atom is -0.480 e. The van der Waals surface area contributed by atoms with E-state index in [1.807, 2.05) is 13.8 Å². The van der Waals surface area contributed by atoms with Crippen LogP contribution in [0.1, 0.15) is 81.6 Å². The van der Waals surface area contributed by atoms with Crippen LogP contribution in [0.5, 0.6) is 0 Å². The summed E-state index contributed by atoms with van der Waals surface area (Å²) >= 11 is 1.20. The van der Waals surface area contributed by atoms with Crippen LogP contribution >= 0.6 is 11.8 Å². The Bertz CT molecular complexity index is 1740. The van der Waals surface area contributed by atoms with E-state index in [2.05, 4.69) is 48.7 Å². The lowest BCUT2D eigenvalue weighted by atomic mass is 10.0. The molecule has 9 atom stereocenters. The van der Waals surface area contributed by atoms with Gasteiger partial charge < -0.3 is 79.0 Å². The van der Waals surface area contributed by atoms with E-state index in [9.17, 15) is 63.9 Å². The molecule has 1 saturated heterocycles. The minimum atomic E-state index is -1.47. The van der Waals surface area contributed by atoms with Crippen LogP contribution in [0.25, 0.3) is 0 Å². The highest BCUT2D eigenvalue weighted by Crippen LogP contribution is 2.29. The summed E-state index contributed by atoms with van der Waals surface area (Å²) in [6.45, 7) is 4.07. The minimum absolute atomic E-state index is 0.0205. The van der Waals surface area contributed by atoms with E-state index >= 15 is 0 Å². The summed E-state index contributed by atoms with van der Waals surface area (Å²) < 4.78 is 5.50. The van der Waals surface area contributed by atoms with Gasteiger partial charge in [-0.2, -0.15) is 0 Å². The maximum atomic E-state index is 13.1. The van der Waals surface area contributed by atoms with Crippen molar-refractivity contribution in [3.8, 4) is 0 Å². The molecule has 1 aromatic rings. The van der Waals surface area contributed by atoms with Gasteiger partial charge in [-0.1, -0.05) is 26.0 Å². The highest BCUT2D eigenvalue weighted by molar-refractivity contribution is 7.99. The number of ether oxygens (including phenoxy) is 1. The summed E-state index contributed by atoms with van der Waals surface area (Å²) in [5.74, 6) is -5.57. The van der Waals surface area contributed by atoms with Crippen molar-refractivity contribution in [2.45, 2.75) is 126 Å². The molecule has 0 bridgehead atoms. The molecule has 1 aromatic carbocycles. The summed E-state index contributed by atoms with van der Waals surface area (Å²) in [4.78, 5) is 102. The van der Waals surface area contributed by atoms with E-state index < -0.39 is 128 Å². The predicted molar refractivity (Wildman–Crippen MR) is 238 cm³/mol. The SMILES string of the molecule is CC(C)CC(NC(=O)C(CCCC[NH3+])NC(=O)C(C)NC(=O)CNC(=O)CNC(=O)C(CCCC[NH3+])NC(=O)CNC(=O)c1ccc(CCSC2OC(CO)C(O)C(O)C2O)cc1)C(=O)O. The van der Waals surface area contributed by atoms with Crippen LogP contribution < -0.4 is 48.7 Å². The average molecular weight is 958 g/mol. The molecule has 372 valence electrons. The molecule has 1 fully saturated rings. The Morgan fingerprint density at radius 1 is 0.667 bits per heavy atom. The standard InChI is InChI=1S/C42H69N9O14S/c1-23(2)18-29(41(63)64)51-40(62)28(9-5-7-16-44)50-37(59)24(3)48-32(54)20-45-31(53)19-47-39(61)27(8-4-6-15-43)49-33(55)21-46-38(60)26-12-10-25(11-13-26)14-17-66-42-36(58)35(57)34(56)30(22-52)65-42/h10-13,23-24,27-30,34-36,42,52,56-58H,4-9,14-22,43-44H2,1-3H3,(H,45,53)(H,46,60)(H,47,61)(H,48,54)(H,49,55)(H,50,59)(H,51,62)(H,63,64)/p+2. The van der Waals surface area contributed by atoms with Crippen LogP contribution in [-0.4, -0.2) is 172 Å².